The summed E-state index contributed by atoms with van der Waals surface area (Å²) in [6.07, 6.45) is 8.54. The molecule has 0 atom stereocenters. The van der Waals surface area contributed by atoms with Gasteiger partial charge in [0.2, 0.25) is 0 Å². The van der Waals surface area contributed by atoms with Crippen molar-refractivity contribution in [1.82, 2.24) is 20.9 Å². The highest BCUT2D eigenvalue weighted by molar-refractivity contribution is 6.70. The van der Waals surface area contributed by atoms with Crippen molar-refractivity contribution in [3.8, 4) is 0 Å². The Morgan fingerprint density at radius 1 is 0.667 bits per heavy atom. The molecule has 3 aromatic carbocycles. The third-order valence-corrected chi connectivity index (χ3v) is 8.29. The lowest BCUT2D eigenvalue weighted by Gasteiger charge is -2.30. The minimum absolute atomic E-state index is 0.436. The summed E-state index contributed by atoms with van der Waals surface area (Å²) in [6, 6.07) is 19.6. The molecule has 0 aromatic heterocycles. The van der Waals surface area contributed by atoms with E-state index in [0.717, 1.165) is 103 Å². The van der Waals surface area contributed by atoms with Crippen LogP contribution in [0.15, 0.2) is 100 Å². The predicted molar refractivity (Wildman–Crippen MR) is 190 cm³/mol. The van der Waals surface area contributed by atoms with Crippen molar-refractivity contribution in [3.05, 3.63) is 112 Å². The molecule has 230 valence electrons. The zero-order chi connectivity index (χ0) is 31.0. The Kier molecular flexibility index (Phi) is 10.5. The van der Waals surface area contributed by atoms with E-state index in [-0.39, 0.29) is 0 Å². The molecule has 8 rings (SSSR count). The number of anilines is 3. The molecule has 5 aliphatic rings. The number of rotatable bonds is 0. The molecule has 0 unspecified atom stereocenters. The number of fused-ring (bicyclic) bond motifs is 3. The third-order valence-electron chi connectivity index (χ3n) is 7.53. The minimum Gasteiger partial charge on any atom is -0.353 e. The largest absolute Gasteiger partial charge is 0.353 e. The average Bonchev–Trinajstić information content (AvgIpc) is 3.33. The zero-order valence-electron chi connectivity index (χ0n) is 24.6. The van der Waals surface area contributed by atoms with Crippen LogP contribution in [-0.2, 0) is 0 Å². The van der Waals surface area contributed by atoms with Crippen molar-refractivity contribution < 1.29 is 0 Å². The number of piperazine rings is 2. The fraction of sp³-hybridized carbons (Fsp3) is 0.235. The van der Waals surface area contributed by atoms with E-state index in [1.807, 2.05) is 54.6 Å². The van der Waals surface area contributed by atoms with Crippen molar-refractivity contribution in [2.45, 2.75) is 0 Å². The first-order valence-electron chi connectivity index (χ1n) is 15.0. The van der Waals surface area contributed by atoms with E-state index in [9.17, 15) is 0 Å². The lowest BCUT2D eigenvalue weighted by molar-refractivity contribution is 0.358. The van der Waals surface area contributed by atoms with Gasteiger partial charge in [-0.25, -0.2) is 9.98 Å². The van der Waals surface area contributed by atoms with E-state index < -0.39 is 0 Å². The molecule has 4 heterocycles. The summed E-state index contributed by atoms with van der Waals surface area (Å²) < 4.78 is 0. The number of hydrogen-bond acceptors (Lipinski definition) is 8. The van der Waals surface area contributed by atoms with E-state index in [4.69, 9.17) is 39.8 Å². The van der Waals surface area contributed by atoms with Crippen LogP contribution in [0.5, 0.6) is 0 Å². The van der Waals surface area contributed by atoms with Crippen LogP contribution in [0.25, 0.3) is 0 Å². The first-order chi connectivity index (χ1) is 22.0. The van der Waals surface area contributed by atoms with Crippen molar-refractivity contribution in [3.63, 3.8) is 0 Å². The molecule has 8 nitrogen and oxygen atoms in total. The first kappa shape index (κ1) is 31.3. The third kappa shape index (κ3) is 7.93. The Balaban J connectivity index is 0.000000137. The Hall–Kier alpha value is -3.72. The summed E-state index contributed by atoms with van der Waals surface area (Å²) in [4.78, 5) is 11.6. The van der Waals surface area contributed by atoms with E-state index >= 15 is 0 Å². The minimum atomic E-state index is 0.436. The maximum atomic E-state index is 6.18. The van der Waals surface area contributed by atoms with Crippen molar-refractivity contribution in [2.75, 3.05) is 63.0 Å². The molecule has 0 amide bonds. The predicted octanol–water partition coefficient (Wildman–Crippen LogP) is 6.78. The van der Waals surface area contributed by atoms with Gasteiger partial charge in [0.05, 0.1) is 28.8 Å². The zero-order valence-corrected chi connectivity index (χ0v) is 26.9. The number of nitrogens with one attached hydrogen (secondary N) is 5. The van der Waals surface area contributed by atoms with Gasteiger partial charge in [-0.05, 0) is 60.1 Å². The van der Waals surface area contributed by atoms with Gasteiger partial charge >= 0.3 is 0 Å². The molecular weight excluding hydrogens is 627 g/mol. The van der Waals surface area contributed by atoms with Gasteiger partial charge < -0.3 is 31.5 Å². The van der Waals surface area contributed by atoms with Crippen LogP contribution in [0.4, 0.5) is 28.4 Å². The van der Waals surface area contributed by atoms with Gasteiger partial charge in [0.15, 0.2) is 10.9 Å². The van der Waals surface area contributed by atoms with Crippen LogP contribution in [0, 0.1) is 6.08 Å². The molecular formula is C34H34Cl3N8+. The number of amidine groups is 1. The topological polar surface area (TPSA) is 88.1 Å². The second kappa shape index (κ2) is 15.0. The summed E-state index contributed by atoms with van der Waals surface area (Å²) in [7, 11) is 0. The van der Waals surface area contributed by atoms with E-state index in [0.29, 0.717) is 15.2 Å². The first-order valence-corrected chi connectivity index (χ1v) is 16.1. The molecule has 45 heavy (non-hydrogen) atoms. The van der Waals surface area contributed by atoms with E-state index in [1.165, 1.54) is 0 Å². The van der Waals surface area contributed by atoms with Gasteiger partial charge in [0.1, 0.15) is 23.6 Å². The summed E-state index contributed by atoms with van der Waals surface area (Å²) >= 11 is 18.3. The Labute approximate surface area is 279 Å². The van der Waals surface area contributed by atoms with Crippen molar-refractivity contribution in [2.24, 2.45) is 9.98 Å². The van der Waals surface area contributed by atoms with E-state index in [2.05, 4.69) is 60.8 Å². The molecule has 0 bridgehead atoms. The number of aliphatic imine (C=N–C) groups is 2. The van der Waals surface area contributed by atoms with Crippen LogP contribution in [0.2, 0.25) is 10.0 Å². The number of para-hydroxylation sites is 1. The van der Waals surface area contributed by atoms with Gasteiger partial charge in [0, 0.05) is 79.7 Å². The number of halogens is 3. The summed E-state index contributed by atoms with van der Waals surface area (Å²) in [5, 5.41) is 18.4. The summed E-state index contributed by atoms with van der Waals surface area (Å²) in [5.74, 6) is 1.02. The lowest BCUT2D eigenvalue weighted by atomic mass is 10.1. The standard InChI is InChI=1S/C17H17ClN4.C13H7Cl2N2.C4H10N2/c18-12-5-6-15-16(11-12)21-17(22-9-7-19-8-10-22)13-3-1-2-4-14(13)20-15;14-8-5-6-11-12(7-8)17-13(15)9-3-1-2-4-10(9)16-11;1-2-6-4-3-5-1/h1-6,11,19-20H,7-10H2;2-7,16H;5-6H,1-4H2/q;+1;. The van der Waals surface area contributed by atoms with Crippen LogP contribution in [-0.4, -0.2) is 68.3 Å². The van der Waals surface area contributed by atoms with Crippen LogP contribution >= 0.6 is 34.8 Å². The molecule has 5 N–H and O–H groups in total. The van der Waals surface area contributed by atoms with Gasteiger partial charge in [0.25, 0.3) is 0 Å². The number of allylic oxidation sites excluding steroid dienone is 5. The second-order valence-electron chi connectivity index (χ2n) is 10.7. The molecule has 2 saturated heterocycles. The molecule has 3 aromatic rings. The fourth-order valence-electron chi connectivity index (χ4n) is 5.25. The molecule has 0 saturated carbocycles. The number of hydrogen-bond donors (Lipinski definition) is 5. The molecule has 0 radical (unpaired) electrons. The quantitative estimate of drug-likeness (QED) is 0.171. The molecule has 2 fully saturated rings. The van der Waals surface area contributed by atoms with Crippen LogP contribution < -0.4 is 26.6 Å². The molecule has 0 spiro atoms. The van der Waals surface area contributed by atoms with Crippen LogP contribution in [0.1, 0.15) is 5.56 Å². The second-order valence-corrected chi connectivity index (χ2v) is 11.9. The summed E-state index contributed by atoms with van der Waals surface area (Å²) in [6.45, 7) is 8.44. The van der Waals surface area contributed by atoms with E-state index in [1.54, 1.807) is 6.07 Å². The van der Waals surface area contributed by atoms with Crippen molar-refractivity contribution in [1.29, 1.82) is 0 Å². The van der Waals surface area contributed by atoms with Gasteiger partial charge in [-0.1, -0.05) is 35.3 Å². The number of benzene rings is 3. The van der Waals surface area contributed by atoms with Gasteiger partial charge in [-0.2, -0.15) is 0 Å². The molecule has 1 aliphatic carbocycles. The van der Waals surface area contributed by atoms with Gasteiger partial charge in [-0.15, -0.1) is 0 Å². The normalized spacial score (nSPS) is 17.7. The molecule has 4 aliphatic heterocycles. The monoisotopic (exact) mass is 659 g/mol. The Morgan fingerprint density at radius 3 is 1.98 bits per heavy atom. The summed E-state index contributed by atoms with van der Waals surface area (Å²) in [5.41, 5.74) is 7.47. The highest BCUT2D eigenvalue weighted by Gasteiger charge is 2.24. The lowest BCUT2D eigenvalue weighted by Crippen LogP contribution is -2.46. The Bertz CT molecular complexity index is 1670. The number of nitrogens with zero attached hydrogens (tertiary/aromatic N) is 3. The maximum Gasteiger partial charge on any atom is 0.197 e. The average molecular weight is 661 g/mol. The van der Waals surface area contributed by atoms with Crippen molar-refractivity contribution >= 4 is 74.2 Å². The highest BCUT2D eigenvalue weighted by Crippen LogP contribution is 2.37. The SMILES string of the molecule is C1CNCCN1.ClC1=Nc2cc(Cl)ccc2NC2=C1C=[C+]C=C2.Clc1ccc2c(c1)N=C(N1CCNCC1)c1ccccc1N2. The van der Waals surface area contributed by atoms with Gasteiger partial charge in [-0.3, -0.25) is 0 Å². The smallest absolute Gasteiger partial charge is 0.197 e. The van der Waals surface area contributed by atoms with Crippen LogP contribution in [0.3, 0.4) is 0 Å². The highest BCUT2D eigenvalue weighted by atomic mass is 35.5. The Morgan fingerprint density at radius 2 is 1.29 bits per heavy atom. The fourth-order valence-corrected chi connectivity index (χ4v) is 5.84. The molecule has 11 heteroatoms. The maximum absolute atomic E-state index is 6.18.